The zero-order chi connectivity index (χ0) is 11.7. The zero-order valence-corrected chi connectivity index (χ0v) is 11.7. The number of alkyl halides is 1. The molecule has 5 heteroatoms. The number of halogens is 1. The summed E-state index contributed by atoms with van der Waals surface area (Å²) in [5, 5.41) is 0. The van der Waals surface area contributed by atoms with Gasteiger partial charge in [-0.25, -0.2) is 4.79 Å². The Morgan fingerprint density at radius 3 is 2.47 bits per heavy atom. The molecule has 0 atom stereocenters. The van der Waals surface area contributed by atoms with E-state index in [9.17, 15) is 4.79 Å². The molecule has 90 valence electrons. The van der Waals surface area contributed by atoms with Gasteiger partial charge in [0.1, 0.15) is 19.0 Å². The third kappa shape index (κ3) is 12.0. The molecule has 0 spiro atoms. The topological polar surface area (TPSA) is 44.8 Å². The number of hydrogen-bond donors (Lipinski definition) is 0. The van der Waals surface area contributed by atoms with Crippen molar-refractivity contribution in [1.29, 1.82) is 0 Å². The van der Waals surface area contributed by atoms with Gasteiger partial charge in [0.2, 0.25) is 0 Å². The molecule has 0 aromatic rings. The Balaban J connectivity index is 3.32. The summed E-state index contributed by atoms with van der Waals surface area (Å²) < 4.78 is 16.2. The molecule has 0 heterocycles. The lowest BCUT2D eigenvalue weighted by Crippen LogP contribution is -2.26. The van der Waals surface area contributed by atoms with Crippen molar-refractivity contribution in [2.24, 2.45) is 0 Å². The van der Waals surface area contributed by atoms with E-state index < -0.39 is 5.60 Å². The summed E-state index contributed by atoms with van der Waals surface area (Å²) in [5.74, 6) is -0.361. The van der Waals surface area contributed by atoms with Crippen LogP contribution < -0.4 is 0 Å². The van der Waals surface area contributed by atoms with Crippen LogP contribution in [0.2, 0.25) is 0 Å². The summed E-state index contributed by atoms with van der Waals surface area (Å²) in [4.78, 5) is 11.1. The van der Waals surface area contributed by atoms with Crippen molar-refractivity contribution in [2.45, 2.75) is 32.8 Å². The molecule has 0 radical (unpaired) electrons. The molecule has 0 saturated carbocycles. The van der Waals surface area contributed by atoms with E-state index in [-0.39, 0.29) is 19.4 Å². The number of carbonyl (C=O) groups excluding carboxylic acids is 1. The van der Waals surface area contributed by atoms with Gasteiger partial charge >= 0.3 is 5.97 Å². The maximum Gasteiger partial charge on any atom is 0.332 e. The molecule has 0 N–H and O–H groups in total. The normalized spacial score (nSPS) is 11.5. The average molecular weight is 330 g/mol. The summed E-state index contributed by atoms with van der Waals surface area (Å²) in [6.07, 6.45) is 0.996. The Labute approximate surface area is 105 Å². The maximum atomic E-state index is 11.1. The number of hydrogen-bond acceptors (Lipinski definition) is 4. The Hall–Kier alpha value is 0.120. The lowest BCUT2D eigenvalue weighted by molar-refractivity contribution is -0.165. The highest BCUT2D eigenvalue weighted by atomic mass is 127. The van der Waals surface area contributed by atoms with Gasteiger partial charge in [0.15, 0.2) is 0 Å². The fourth-order valence-electron chi connectivity index (χ4n) is 0.770. The lowest BCUT2D eigenvalue weighted by atomic mass is 10.2. The minimum atomic E-state index is -0.456. The molecule has 0 unspecified atom stereocenters. The highest BCUT2D eigenvalue weighted by Crippen LogP contribution is 2.06. The first-order valence-electron chi connectivity index (χ1n) is 4.89. The number of carbonyl (C=O) groups is 1. The maximum absolute atomic E-state index is 11.1. The van der Waals surface area contributed by atoms with Gasteiger partial charge in [-0.15, -0.1) is 0 Å². The van der Waals surface area contributed by atoms with E-state index in [4.69, 9.17) is 14.2 Å². The highest BCUT2D eigenvalue weighted by molar-refractivity contribution is 14.1. The third-order valence-corrected chi connectivity index (χ3v) is 1.99. The second kappa shape index (κ2) is 8.29. The summed E-state index contributed by atoms with van der Waals surface area (Å²) in [6, 6.07) is 0. The van der Waals surface area contributed by atoms with Crippen LogP contribution in [0.25, 0.3) is 0 Å². The molecule has 0 bridgehead atoms. The van der Waals surface area contributed by atoms with Gasteiger partial charge in [-0.05, 0) is 27.2 Å². The zero-order valence-electron chi connectivity index (χ0n) is 9.55. The van der Waals surface area contributed by atoms with Crippen molar-refractivity contribution in [1.82, 2.24) is 0 Å². The van der Waals surface area contributed by atoms with Crippen molar-refractivity contribution in [2.75, 3.05) is 24.4 Å². The van der Waals surface area contributed by atoms with Crippen LogP contribution in [0.1, 0.15) is 27.2 Å². The molecule has 15 heavy (non-hydrogen) atoms. The van der Waals surface area contributed by atoms with Crippen molar-refractivity contribution in [3.63, 3.8) is 0 Å². The van der Waals surface area contributed by atoms with E-state index in [1.54, 1.807) is 0 Å². The molecule has 0 aromatic carbocycles. The van der Waals surface area contributed by atoms with Crippen LogP contribution in [-0.2, 0) is 19.0 Å². The molecule has 0 rings (SSSR count). The predicted molar refractivity (Wildman–Crippen MR) is 66.1 cm³/mol. The molecular formula is C10H19IO4. The molecule has 0 amide bonds. The second-order valence-corrected chi connectivity index (χ2v) is 5.08. The van der Waals surface area contributed by atoms with Crippen LogP contribution in [0.5, 0.6) is 0 Å². The van der Waals surface area contributed by atoms with Gasteiger partial charge in [0.25, 0.3) is 0 Å². The van der Waals surface area contributed by atoms with Crippen molar-refractivity contribution in [3.8, 4) is 0 Å². The molecule has 0 aliphatic carbocycles. The van der Waals surface area contributed by atoms with E-state index in [0.29, 0.717) is 6.61 Å². The van der Waals surface area contributed by atoms with E-state index in [0.717, 1.165) is 10.8 Å². The number of ether oxygens (including phenoxy) is 3. The number of esters is 1. The molecular weight excluding hydrogens is 311 g/mol. The van der Waals surface area contributed by atoms with Gasteiger partial charge in [-0.2, -0.15) is 0 Å². The monoisotopic (exact) mass is 330 g/mol. The lowest BCUT2D eigenvalue weighted by Gasteiger charge is -2.19. The van der Waals surface area contributed by atoms with E-state index >= 15 is 0 Å². The first-order chi connectivity index (χ1) is 6.95. The van der Waals surface area contributed by atoms with E-state index in [1.165, 1.54) is 0 Å². The second-order valence-electron chi connectivity index (χ2n) is 4.00. The van der Waals surface area contributed by atoms with Crippen molar-refractivity contribution < 1.29 is 19.0 Å². The highest BCUT2D eigenvalue weighted by Gasteiger charge is 2.15. The fraction of sp³-hybridized carbons (Fsp3) is 0.900. The van der Waals surface area contributed by atoms with Gasteiger partial charge < -0.3 is 14.2 Å². The molecule has 4 nitrogen and oxygen atoms in total. The summed E-state index contributed by atoms with van der Waals surface area (Å²) >= 11 is 2.28. The first kappa shape index (κ1) is 15.1. The minimum absolute atomic E-state index is 0.0541. The van der Waals surface area contributed by atoms with Gasteiger partial charge in [0.05, 0.1) is 6.61 Å². The van der Waals surface area contributed by atoms with Crippen molar-refractivity contribution >= 4 is 28.6 Å². The van der Waals surface area contributed by atoms with Gasteiger partial charge in [-0.3, -0.25) is 0 Å². The number of rotatable bonds is 7. The Morgan fingerprint density at radius 2 is 1.93 bits per heavy atom. The first-order valence-corrected chi connectivity index (χ1v) is 6.41. The van der Waals surface area contributed by atoms with Crippen LogP contribution in [0.4, 0.5) is 0 Å². The summed E-state index contributed by atoms with van der Waals surface area (Å²) in [5.41, 5.74) is -0.456. The molecule has 0 fully saturated rings. The fourth-order valence-corrected chi connectivity index (χ4v) is 1.08. The van der Waals surface area contributed by atoms with Crippen LogP contribution >= 0.6 is 22.6 Å². The van der Waals surface area contributed by atoms with Crippen LogP contribution in [-0.4, -0.2) is 36.0 Å². The Bertz CT molecular complexity index is 177. The Morgan fingerprint density at radius 1 is 1.27 bits per heavy atom. The molecule has 0 aromatic heterocycles. The minimum Gasteiger partial charge on any atom is -0.458 e. The molecule has 0 aliphatic heterocycles. The standard InChI is InChI=1S/C10H19IO4/c1-10(2,3)15-9(12)7-14-8-13-6-4-5-11/h4-8H2,1-3H3. The van der Waals surface area contributed by atoms with E-state index in [1.807, 2.05) is 20.8 Å². The van der Waals surface area contributed by atoms with E-state index in [2.05, 4.69) is 22.6 Å². The summed E-state index contributed by atoms with van der Waals surface area (Å²) in [7, 11) is 0. The average Bonchev–Trinajstić information content (AvgIpc) is 2.08. The van der Waals surface area contributed by atoms with Gasteiger partial charge in [-0.1, -0.05) is 22.6 Å². The quantitative estimate of drug-likeness (QED) is 0.236. The molecule has 0 aliphatic rings. The third-order valence-electron chi connectivity index (χ3n) is 1.23. The smallest absolute Gasteiger partial charge is 0.332 e. The predicted octanol–water partition coefficient (Wildman–Crippen LogP) is 2.14. The Kier molecular flexibility index (Phi) is 8.36. The van der Waals surface area contributed by atoms with Crippen LogP contribution in [0, 0.1) is 0 Å². The summed E-state index contributed by atoms with van der Waals surface area (Å²) in [6.45, 7) is 6.22. The van der Waals surface area contributed by atoms with Gasteiger partial charge in [0, 0.05) is 4.43 Å². The van der Waals surface area contributed by atoms with Crippen LogP contribution in [0.3, 0.4) is 0 Å². The molecule has 0 saturated heterocycles. The van der Waals surface area contributed by atoms with Crippen LogP contribution in [0.15, 0.2) is 0 Å². The largest absolute Gasteiger partial charge is 0.458 e. The van der Waals surface area contributed by atoms with Crippen molar-refractivity contribution in [3.05, 3.63) is 0 Å². The SMILES string of the molecule is CC(C)(C)OC(=O)COCOCCCI.